The molecule has 3 rings (SSSR count). The number of halogens is 1. The van der Waals surface area contributed by atoms with E-state index in [-0.39, 0.29) is 6.04 Å². The second-order valence-corrected chi connectivity index (χ2v) is 6.27. The number of hydrogen-bond acceptors (Lipinski definition) is 4. The summed E-state index contributed by atoms with van der Waals surface area (Å²) in [5.74, 6) is 0. The zero-order chi connectivity index (χ0) is 16.8. The zero-order valence-corrected chi connectivity index (χ0v) is 14.5. The molecule has 0 aromatic heterocycles. The fourth-order valence-electron chi connectivity index (χ4n) is 2.93. The summed E-state index contributed by atoms with van der Waals surface area (Å²) in [4.78, 5) is 2.42. The van der Waals surface area contributed by atoms with E-state index in [0.29, 0.717) is 0 Å². The molecule has 1 atom stereocenters. The maximum absolute atomic E-state index is 5.92. The van der Waals surface area contributed by atoms with Crippen molar-refractivity contribution in [2.24, 2.45) is 5.10 Å². The van der Waals surface area contributed by atoms with Gasteiger partial charge in [-0.1, -0.05) is 41.9 Å². The highest BCUT2D eigenvalue weighted by Gasteiger charge is 2.25. The monoisotopic (exact) mass is 343 g/mol. The van der Waals surface area contributed by atoms with Crippen molar-refractivity contribution in [2.45, 2.75) is 13.0 Å². The largest absolute Gasteiger partial charge is 0.379 e. The topological polar surface area (TPSA) is 36.9 Å². The third kappa shape index (κ3) is 4.35. The number of morpholine rings is 1. The summed E-state index contributed by atoms with van der Waals surface area (Å²) in [5.41, 5.74) is 6.33. The predicted octanol–water partition coefficient (Wildman–Crippen LogP) is 4.20. The summed E-state index contributed by atoms with van der Waals surface area (Å²) in [6.45, 7) is 5.42. The van der Waals surface area contributed by atoms with Crippen LogP contribution in [0.3, 0.4) is 0 Å². The minimum atomic E-state index is 0.148. The average Bonchev–Trinajstić information content (AvgIpc) is 2.63. The van der Waals surface area contributed by atoms with Crippen molar-refractivity contribution in [3.05, 3.63) is 65.2 Å². The summed E-state index contributed by atoms with van der Waals surface area (Å²) < 4.78 is 5.50. The van der Waals surface area contributed by atoms with Crippen molar-refractivity contribution in [1.29, 1.82) is 0 Å². The fourth-order valence-corrected chi connectivity index (χ4v) is 3.05. The lowest BCUT2D eigenvalue weighted by atomic mass is 10.0. The SMILES string of the molecule is C/C(=N/Nc1ccc(Cl)cc1)[C@@H](c1ccccc1)N1CCOCC1. The smallest absolute Gasteiger partial charge is 0.0753 e. The van der Waals surface area contributed by atoms with E-state index >= 15 is 0 Å². The molecule has 0 radical (unpaired) electrons. The molecule has 24 heavy (non-hydrogen) atoms. The maximum atomic E-state index is 5.92. The van der Waals surface area contributed by atoms with Crippen molar-refractivity contribution in [3.63, 3.8) is 0 Å². The van der Waals surface area contributed by atoms with Crippen LogP contribution in [-0.2, 0) is 4.74 Å². The third-order valence-corrected chi connectivity index (χ3v) is 4.38. The van der Waals surface area contributed by atoms with Crippen LogP contribution < -0.4 is 5.43 Å². The first-order valence-corrected chi connectivity index (χ1v) is 8.54. The molecule has 1 aliphatic rings. The van der Waals surface area contributed by atoms with Crippen LogP contribution in [0.4, 0.5) is 5.69 Å². The highest BCUT2D eigenvalue weighted by atomic mass is 35.5. The second kappa shape index (κ2) is 8.29. The van der Waals surface area contributed by atoms with Gasteiger partial charge in [-0.25, -0.2) is 0 Å². The van der Waals surface area contributed by atoms with Gasteiger partial charge in [-0.05, 0) is 36.8 Å². The summed E-state index contributed by atoms with van der Waals surface area (Å²) in [7, 11) is 0. The van der Waals surface area contributed by atoms with E-state index in [9.17, 15) is 0 Å². The summed E-state index contributed by atoms with van der Waals surface area (Å²) >= 11 is 5.92. The molecule has 0 amide bonds. The van der Waals surface area contributed by atoms with Crippen LogP contribution in [0.25, 0.3) is 0 Å². The number of hydrazone groups is 1. The lowest BCUT2D eigenvalue weighted by Gasteiger charge is -2.34. The maximum Gasteiger partial charge on any atom is 0.0753 e. The van der Waals surface area contributed by atoms with E-state index in [0.717, 1.165) is 42.7 Å². The minimum Gasteiger partial charge on any atom is -0.379 e. The number of benzene rings is 2. The second-order valence-electron chi connectivity index (χ2n) is 5.83. The summed E-state index contributed by atoms with van der Waals surface area (Å²) in [6.07, 6.45) is 0. The van der Waals surface area contributed by atoms with Crippen molar-refractivity contribution in [1.82, 2.24) is 4.90 Å². The first-order valence-electron chi connectivity index (χ1n) is 8.16. The van der Waals surface area contributed by atoms with Gasteiger partial charge in [0.25, 0.3) is 0 Å². The molecule has 0 saturated carbocycles. The Kier molecular flexibility index (Phi) is 5.86. The van der Waals surface area contributed by atoms with Gasteiger partial charge in [0.15, 0.2) is 0 Å². The average molecular weight is 344 g/mol. The van der Waals surface area contributed by atoms with Crippen LogP contribution in [0.1, 0.15) is 18.5 Å². The van der Waals surface area contributed by atoms with Crippen LogP contribution in [0, 0.1) is 0 Å². The van der Waals surface area contributed by atoms with Gasteiger partial charge in [0, 0.05) is 18.1 Å². The number of hydrogen-bond donors (Lipinski definition) is 1. The van der Waals surface area contributed by atoms with Crippen molar-refractivity contribution in [3.8, 4) is 0 Å². The Morgan fingerprint density at radius 2 is 1.75 bits per heavy atom. The molecular weight excluding hydrogens is 322 g/mol. The van der Waals surface area contributed by atoms with Gasteiger partial charge in [-0.3, -0.25) is 10.3 Å². The number of nitrogens with zero attached hydrogens (tertiary/aromatic N) is 2. The zero-order valence-electron chi connectivity index (χ0n) is 13.8. The molecule has 1 saturated heterocycles. The van der Waals surface area contributed by atoms with E-state index < -0.39 is 0 Å². The van der Waals surface area contributed by atoms with Crippen molar-refractivity contribution in [2.75, 3.05) is 31.7 Å². The first kappa shape index (κ1) is 17.0. The highest BCUT2D eigenvalue weighted by molar-refractivity contribution is 6.30. The Morgan fingerprint density at radius 1 is 1.08 bits per heavy atom. The van der Waals surface area contributed by atoms with Crippen LogP contribution in [0.2, 0.25) is 5.02 Å². The van der Waals surface area contributed by atoms with E-state index in [4.69, 9.17) is 16.3 Å². The summed E-state index contributed by atoms with van der Waals surface area (Å²) in [6, 6.07) is 18.2. The third-order valence-electron chi connectivity index (χ3n) is 4.13. The fraction of sp³-hybridized carbons (Fsp3) is 0.316. The first-order chi connectivity index (χ1) is 11.7. The Labute approximate surface area is 148 Å². The number of ether oxygens (including phenoxy) is 1. The van der Waals surface area contributed by atoms with Gasteiger partial charge in [0.2, 0.25) is 0 Å². The Morgan fingerprint density at radius 3 is 2.42 bits per heavy atom. The van der Waals surface area contributed by atoms with E-state index in [1.54, 1.807) is 0 Å². The van der Waals surface area contributed by atoms with Crippen molar-refractivity contribution < 1.29 is 4.74 Å². The summed E-state index contributed by atoms with van der Waals surface area (Å²) in [5, 5.41) is 5.34. The molecule has 1 fully saturated rings. The molecule has 1 heterocycles. The lowest BCUT2D eigenvalue weighted by Crippen LogP contribution is -2.41. The standard InChI is InChI=1S/C19H22ClN3O/c1-15(21-22-18-9-7-17(20)8-10-18)19(16-5-3-2-4-6-16)23-11-13-24-14-12-23/h2-10,19,22H,11-14H2,1H3/b21-15-/t19-/m0/s1. The predicted molar refractivity (Wildman–Crippen MR) is 99.8 cm³/mol. The number of rotatable bonds is 5. The molecule has 5 heteroatoms. The van der Waals surface area contributed by atoms with Gasteiger partial charge in [-0.2, -0.15) is 5.10 Å². The van der Waals surface area contributed by atoms with E-state index in [2.05, 4.69) is 46.6 Å². The highest BCUT2D eigenvalue weighted by Crippen LogP contribution is 2.24. The van der Waals surface area contributed by atoms with Gasteiger partial charge in [0.05, 0.1) is 30.7 Å². The van der Waals surface area contributed by atoms with E-state index in [1.165, 1.54) is 5.56 Å². The van der Waals surface area contributed by atoms with Crippen LogP contribution in [0.15, 0.2) is 59.7 Å². The molecule has 1 aliphatic heterocycles. The molecule has 0 spiro atoms. The normalized spacial score (nSPS) is 17.5. The van der Waals surface area contributed by atoms with Crippen LogP contribution in [-0.4, -0.2) is 36.9 Å². The molecule has 1 N–H and O–H groups in total. The van der Waals surface area contributed by atoms with Gasteiger partial charge >= 0.3 is 0 Å². The number of anilines is 1. The quantitative estimate of drug-likeness (QED) is 0.653. The molecule has 4 nitrogen and oxygen atoms in total. The van der Waals surface area contributed by atoms with Crippen molar-refractivity contribution >= 4 is 23.0 Å². The Balaban J connectivity index is 1.80. The molecule has 0 bridgehead atoms. The van der Waals surface area contributed by atoms with Gasteiger partial charge in [0.1, 0.15) is 0 Å². The van der Waals surface area contributed by atoms with E-state index in [1.807, 2.05) is 30.3 Å². The number of nitrogens with one attached hydrogen (secondary N) is 1. The lowest BCUT2D eigenvalue weighted by molar-refractivity contribution is 0.0286. The Hall–Kier alpha value is -1.88. The molecule has 0 aliphatic carbocycles. The molecular formula is C19H22ClN3O. The Bertz CT molecular complexity index is 667. The molecule has 2 aromatic rings. The minimum absolute atomic E-state index is 0.148. The van der Waals surface area contributed by atoms with Gasteiger partial charge < -0.3 is 4.74 Å². The van der Waals surface area contributed by atoms with Crippen LogP contribution >= 0.6 is 11.6 Å². The molecule has 0 unspecified atom stereocenters. The molecule has 2 aromatic carbocycles. The van der Waals surface area contributed by atoms with Crippen LogP contribution in [0.5, 0.6) is 0 Å². The molecule has 126 valence electrons. The van der Waals surface area contributed by atoms with Gasteiger partial charge in [-0.15, -0.1) is 0 Å².